The Bertz CT molecular complexity index is 1100. The largest absolute Gasteiger partial charge is 0.382 e. The molecule has 3 aromatic rings. The summed E-state index contributed by atoms with van der Waals surface area (Å²) in [5.41, 5.74) is 14.1. The predicted octanol–water partition coefficient (Wildman–Crippen LogP) is 2.76. The lowest BCUT2D eigenvalue weighted by Crippen LogP contribution is -2.49. The van der Waals surface area contributed by atoms with Crippen LogP contribution in [-0.4, -0.2) is 51.7 Å². The highest BCUT2D eigenvalue weighted by molar-refractivity contribution is 7.99. The number of halogens is 1. The summed E-state index contributed by atoms with van der Waals surface area (Å²) in [6.45, 7) is 5.23. The molecule has 5 rings (SSSR count). The van der Waals surface area contributed by atoms with Crippen LogP contribution in [-0.2, 0) is 4.74 Å². The number of pyridine rings is 1. The van der Waals surface area contributed by atoms with Gasteiger partial charge in [-0.2, -0.15) is 0 Å². The van der Waals surface area contributed by atoms with Gasteiger partial charge in [-0.05, 0) is 25.8 Å². The van der Waals surface area contributed by atoms with Crippen molar-refractivity contribution in [3.63, 3.8) is 0 Å². The van der Waals surface area contributed by atoms with Gasteiger partial charge in [0.25, 0.3) is 0 Å². The minimum absolute atomic E-state index is 0.105. The average molecular weight is 446 g/mol. The van der Waals surface area contributed by atoms with Gasteiger partial charge in [-0.25, -0.2) is 15.0 Å². The standard InChI is InChI=1S/C20H24ClN7OS/c1-12-16(30-13-2-5-24-17(23)15(13)21)18-25-6-9-28(18)19(26-12)27-7-3-20(4-8-27)11-29-10-14(20)22/h2,5-6,9,14H,3-4,7-8,10-11,22H2,1H3,(H2,23,24)/t14-/m1/s1. The van der Waals surface area contributed by atoms with Crippen molar-refractivity contribution in [2.24, 2.45) is 11.1 Å². The van der Waals surface area contributed by atoms with E-state index in [1.165, 1.54) is 11.8 Å². The van der Waals surface area contributed by atoms with E-state index in [1.807, 2.05) is 19.2 Å². The molecule has 8 nitrogen and oxygen atoms in total. The molecule has 30 heavy (non-hydrogen) atoms. The number of nitrogens with two attached hydrogens (primary N) is 2. The van der Waals surface area contributed by atoms with Crippen molar-refractivity contribution in [2.75, 3.05) is 36.9 Å². The van der Waals surface area contributed by atoms with Crippen molar-refractivity contribution in [1.29, 1.82) is 0 Å². The first-order valence-electron chi connectivity index (χ1n) is 9.98. The Labute approximate surface area is 184 Å². The summed E-state index contributed by atoms with van der Waals surface area (Å²) >= 11 is 7.87. The lowest BCUT2D eigenvalue weighted by Gasteiger charge is -2.41. The number of rotatable bonds is 3. The molecule has 0 unspecified atom stereocenters. The van der Waals surface area contributed by atoms with Crippen LogP contribution in [0, 0.1) is 12.3 Å². The number of fused-ring (bicyclic) bond motifs is 1. The van der Waals surface area contributed by atoms with E-state index >= 15 is 0 Å². The van der Waals surface area contributed by atoms with Gasteiger partial charge in [-0.3, -0.25) is 4.40 Å². The second kappa shape index (κ2) is 7.56. The molecule has 2 aliphatic heterocycles. The van der Waals surface area contributed by atoms with Crippen molar-refractivity contribution < 1.29 is 4.74 Å². The van der Waals surface area contributed by atoms with E-state index in [-0.39, 0.29) is 11.5 Å². The molecule has 1 spiro atoms. The average Bonchev–Trinajstić information content (AvgIpc) is 3.36. The fourth-order valence-electron chi connectivity index (χ4n) is 4.36. The molecule has 2 fully saturated rings. The van der Waals surface area contributed by atoms with Crippen molar-refractivity contribution >= 4 is 40.8 Å². The number of imidazole rings is 1. The van der Waals surface area contributed by atoms with E-state index in [4.69, 9.17) is 32.8 Å². The van der Waals surface area contributed by atoms with E-state index in [2.05, 4.69) is 19.3 Å². The number of nitrogen functional groups attached to an aromatic ring is 1. The van der Waals surface area contributed by atoms with Crippen LogP contribution in [0.3, 0.4) is 0 Å². The van der Waals surface area contributed by atoms with Crippen molar-refractivity contribution in [1.82, 2.24) is 19.4 Å². The maximum atomic E-state index is 6.36. The number of hydrogen-bond acceptors (Lipinski definition) is 8. The van der Waals surface area contributed by atoms with Gasteiger partial charge in [0.1, 0.15) is 5.82 Å². The Morgan fingerprint density at radius 1 is 1.27 bits per heavy atom. The number of hydrogen-bond donors (Lipinski definition) is 2. The van der Waals surface area contributed by atoms with Crippen LogP contribution in [0.25, 0.3) is 5.65 Å². The molecule has 0 radical (unpaired) electrons. The molecule has 0 amide bonds. The van der Waals surface area contributed by atoms with E-state index in [1.54, 1.807) is 12.4 Å². The number of aromatic nitrogens is 4. The van der Waals surface area contributed by atoms with Crippen LogP contribution in [0.4, 0.5) is 11.8 Å². The topological polar surface area (TPSA) is 108 Å². The third kappa shape index (κ3) is 3.20. The number of ether oxygens (including phenoxy) is 1. The smallest absolute Gasteiger partial charge is 0.211 e. The highest BCUT2D eigenvalue weighted by Crippen LogP contribution is 2.41. The Morgan fingerprint density at radius 3 is 2.80 bits per heavy atom. The van der Waals surface area contributed by atoms with Gasteiger partial charge in [-0.1, -0.05) is 23.4 Å². The van der Waals surface area contributed by atoms with Crippen molar-refractivity contribution in [3.8, 4) is 0 Å². The van der Waals surface area contributed by atoms with Crippen molar-refractivity contribution in [2.45, 2.75) is 35.6 Å². The molecule has 2 saturated heterocycles. The third-order valence-corrected chi connectivity index (χ3v) is 8.02. The first-order valence-corrected chi connectivity index (χ1v) is 11.2. The molecule has 5 heterocycles. The molecule has 4 N–H and O–H groups in total. The van der Waals surface area contributed by atoms with Crippen LogP contribution >= 0.6 is 23.4 Å². The second-order valence-corrected chi connectivity index (χ2v) is 9.46. The zero-order chi connectivity index (χ0) is 20.9. The Hall–Kier alpha value is -2.07. The van der Waals surface area contributed by atoms with Crippen molar-refractivity contribution in [3.05, 3.63) is 35.4 Å². The van der Waals surface area contributed by atoms with Gasteiger partial charge < -0.3 is 21.1 Å². The normalized spacial score (nSPS) is 21.0. The van der Waals surface area contributed by atoms with Gasteiger partial charge in [0.2, 0.25) is 5.95 Å². The summed E-state index contributed by atoms with van der Waals surface area (Å²) in [4.78, 5) is 17.7. The summed E-state index contributed by atoms with van der Waals surface area (Å²) in [6.07, 6.45) is 7.43. The predicted molar refractivity (Wildman–Crippen MR) is 118 cm³/mol. The third-order valence-electron chi connectivity index (χ3n) is 6.26. The van der Waals surface area contributed by atoms with E-state index in [0.717, 1.165) is 59.6 Å². The Morgan fingerprint density at radius 2 is 2.07 bits per heavy atom. The Balaban J connectivity index is 1.47. The summed E-state index contributed by atoms with van der Waals surface area (Å²) in [5.74, 6) is 1.23. The molecule has 10 heteroatoms. The van der Waals surface area contributed by atoms with Crippen LogP contribution in [0.2, 0.25) is 5.02 Å². The van der Waals surface area contributed by atoms with Gasteiger partial charge >= 0.3 is 0 Å². The molecule has 1 atom stereocenters. The molecule has 0 bridgehead atoms. The zero-order valence-electron chi connectivity index (χ0n) is 16.7. The number of piperidine rings is 1. The molecular formula is C20H24ClN7OS. The minimum Gasteiger partial charge on any atom is -0.382 e. The zero-order valence-corrected chi connectivity index (χ0v) is 18.3. The fraction of sp³-hybridized carbons (Fsp3) is 0.450. The lowest BCUT2D eigenvalue weighted by molar-refractivity contribution is 0.131. The number of anilines is 2. The molecule has 0 aromatic carbocycles. The fourth-order valence-corrected chi connectivity index (χ4v) is 5.57. The number of aryl methyl sites for hydroxylation is 1. The lowest BCUT2D eigenvalue weighted by atomic mass is 9.75. The molecule has 0 saturated carbocycles. The maximum absolute atomic E-state index is 6.36. The highest BCUT2D eigenvalue weighted by atomic mass is 35.5. The quantitative estimate of drug-likeness (QED) is 0.633. The van der Waals surface area contributed by atoms with Crippen LogP contribution in [0.1, 0.15) is 18.5 Å². The highest BCUT2D eigenvalue weighted by Gasteiger charge is 2.44. The summed E-state index contributed by atoms with van der Waals surface area (Å²) in [5, 5.41) is 0.451. The first kappa shape index (κ1) is 19.9. The summed E-state index contributed by atoms with van der Waals surface area (Å²) in [7, 11) is 0. The maximum Gasteiger partial charge on any atom is 0.211 e. The van der Waals surface area contributed by atoms with Gasteiger partial charge in [0.15, 0.2) is 5.65 Å². The van der Waals surface area contributed by atoms with E-state index < -0.39 is 0 Å². The monoisotopic (exact) mass is 445 g/mol. The van der Waals surface area contributed by atoms with E-state index in [9.17, 15) is 0 Å². The molecular weight excluding hydrogens is 422 g/mol. The van der Waals surface area contributed by atoms with Gasteiger partial charge in [0, 0.05) is 48.0 Å². The van der Waals surface area contributed by atoms with Gasteiger partial charge in [-0.15, -0.1) is 0 Å². The van der Waals surface area contributed by atoms with Gasteiger partial charge in [0.05, 0.1) is 28.8 Å². The van der Waals surface area contributed by atoms with Crippen LogP contribution in [0.15, 0.2) is 34.4 Å². The second-order valence-electron chi connectivity index (χ2n) is 8.03. The Kier molecular flexibility index (Phi) is 5.01. The molecule has 0 aliphatic carbocycles. The summed E-state index contributed by atoms with van der Waals surface area (Å²) in [6, 6.07) is 1.98. The first-order chi connectivity index (χ1) is 14.5. The number of nitrogens with zero attached hydrogens (tertiary/aromatic N) is 5. The van der Waals surface area contributed by atoms with Crippen LogP contribution < -0.4 is 16.4 Å². The minimum atomic E-state index is 0.105. The molecule has 2 aliphatic rings. The molecule has 3 aromatic heterocycles. The SMILES string of the molecule is Cc1nc(N2CCC3(CC2)COC[C@H]3N)n2ccnc2c1Sc1ccnc(N)c1Cl. The van der Waals surface area contributed by atoms with Crippen LogP contribution in [0.5, 0.6) is 0 Å². The molecule has 158 valence electrons. The van der Waals surface area contributed by atoms with E-state index in [0.29, 0.717) is 17.4 Å². The summed E-state index contributed by atoms with van der Waals surface area (Å²) < 4.78 is 7.71.